The van der Waals surface area contributed by atoms with Crippen molar-refractivity contribution >= 4 is 0 Å². The van der Waals surface area contributed by atoms with Crippen LogP contribution >= 0.6 is 0 Å². The fourth-order valence-corrected chi connectivity index (χ4v) is 8.01. The summed E-state index contributed by atoms with van der Waals surface area (Å²) in [5.41, 5.74) is -41.9. The summed E-state index contributed by atoms with van der Waals surface area (Å²) in [6.07, 6.45) is 0. The molecule has 0 nitrogen and oxygen atoms in total. The Labute approximate surface area is 416 Å². The molecular weight excluding hydrogens is 1180 g/mol. The highest BCUT2D eigenvalue weighted by Gasteiger charge is 2.43. The topological polar surface area (TPSA) is 0 Å². The van der Waals surface area contributed by atoms with E-state index < -0.39 is 276 Å². The van der Waals surface area contributed by atoms with Gasteiger partial charge in [0.25, 0.3) is 0 Å². The predicted octanol–water partition coefficient (Wildman–Crippen LogP) is 17.8. The van der Waals surface area contributed by atoms with Crippen molar-refractivity contribution in [2.45, 2.75) is 0 Å². The molecule has 8 aromatic carbocycles. The lowest BCUT2D eigenvalue weighted by atomic mass is 9.90. The van der Waals surface area contributed by atoms with Crippen LogP contribution in [0.2, 0.25) is 0 Å². The predicted molar refractivity (Wildman–Crippen MR) is 203 cm³/mol. The molecule has 32 heteroatoms. The van der Waals surface area contributed by atoms with Gasteiger partial charge in [-0.3, -0.25) is 0 Å². The fraction of sp³-hybridized carbons (Fsp3) is 0. The molecule has 0 aromatic heterocycles. The van der Waals surface area contributed by atoms with E-state index in [0.29, 0.717) is 0 Å². The first-order valence-electron chi connectivity index (χ1n) is 20.0. The van der Waals surface area contributed by atoms with Crippen LogP contribution in [0.25, 0.3) is 77.9 Å². The summed E-state index contributed by atoms with van der Waals surface area (Å²) in [6.45, 7) is 0. The van der Waals surface area contributed by atoms with Gasteiger partial charge in [0.2, 0.25) is 0 Å². The van der Waals surface area contributed by atoms with Crippen molar-refractivity contribution in [1.82, 2.24) is 0 Å². The third-order valence-electron chi connectivity index (χ3n) is 11.6. The minimum Gasteiger partial charge on any atom is -0.204 e. The number of rotatable bonds is 7. The zero-order valence-corrected chi connectivity index (χ0v) is 36.2. The van der Waals surface area contributed by atoms with E-state index in [-0.39, 0.29) is 0 Å². The van der Waals surface area contributed by atoms with Gasteiger partial charge in [-0.05, 0) is 0 Å². The third kappa shape index (κ3) is 7.88. The van der Waals surface area contributed by atoms with Gasteiger partial charge in [-0.2, -0.15) is 0 Å². The van der Waals surface area contributed by atoms with E-state index in [1.807, 2.05) is 0 Å². The molecule has 0 aliphatic carbocycles. The molecule has 418 valence electrons. The van der Waals surface area contributed by atoms with Crippen molar-refractivity contribution in [3.8, 4) is 77.9 Å². The summed E-state index contributed by atoms with van der Waals surface area (Å²) < 4.78 is 484. The molecule has 0 aliphatic heterocycles. The minimum atomic E-state index is -3.60. The molecule has 0 N–H and O–H groups in total. The van der Waals surface area contributed by atoms with Crippen LogP contribution in [0, 0.1) is 186 Å². The standard InChI is InChI=1S/C48H2F32/c49-3-1-4(50)22(54)7(21(3)53)9-25(57)29(61)11(30(62)26(9)58)13-33(65)37(69)15(38(70)34(13)66)17-41(73)45(77)19(46(78)42(17)74)20-47(79)43(75)18(44(76)48(20)80)16-39(71)35(67)14(36(68)40(16)72)12-31(63)27(59)10(28(60)32(12)64)8-23(55)5(51)2-6(52)24(8)56/h1-2H. The number of benzene rings is 8. The van der Waals surface area contributed by atoms with Crippen molar-refractivity contribution in [3.63, 3.8) is 0 Å². The summed E-state index contributed by atoms with van der Waals surface area (Å²) in [7, 11) is 0. The highest BCUT2D eigenvalue weighted by molar-refractivity contribution is 5.82. The van der Waals surface area contributed by atoms with Crippen molar-refractivity contribution in [2.75, 3.05) is 0 Å². The van der Waals surface area contributed by atoms with Gasteiger partial charge in [-0.15, -0.1) is 0 Å². The average molecular weight is 1190 g/mol. The van der Waals surface area contributed by atoms with Gasteiger partial charge in [-0.1, -0.05) is 0 Å². The van der Waals surface area contributed by atoms with E-state index in [0.717, 1.165) is 0 Å². The third-order valence-corrected chi connectivity index (χ3v) is 11.6. The van der Waals surface area contributed by atoms with E-state index in [2.05, 4.69) is 0 Å². The summed E-state index contributed by atoms with van der Waals surface area (Å²) >= 11 is 0. The lowest BCUT2D eigenvalue weighted by molar-refractivity contribution is 0.431. The molecule has 0 unspecified atom stereocenters. The molecule has 8 aromatic rings. The van der Waals surface area contributed by atoms with E-state index >= 15 is 105 Å². The van der Waals surface area contributed by atoms with Gasteiger partial charge in [-0.25, -0.2) is 140 Å². The van der Waals surface area contributed by atoms with Crippen molar-refractivity contribution in [1.29, 1.82) is 0 Å². The second-order valence-electron chi connectivity index (χ2n) is 15.7. The Bertz CT molecular complexity index is 3650. The van der Waals surface area contributed by atoms with E-state index in [1.54, 1.807) is 0 Å². The van der Waals surface area contributed by atoms with Gasteiger partial charge in [0, 0.05) is 12.1 Å². The van der Waals surface area contributed by atoms with E-state index in [4.69, 9.17) is 0 Å². The maximum Gasteiger partial charge on any atom is 0.170 e. The molecule has 0 fully saturated rings. The molecule has 0 aliphatic rings. The van der Waals surface area contributed by atoms with Gasteiger partial charge >= 0.3 is 0 Å². The lowest BCUT2D eigenvalue weighted by Crippen LogP contribution is -2.14. The maximum atomic E-state index is 15.7. The second-order valence-corrected chi connectivity index (χ2v) is 15.7. The Morgan fingerprint density at radius 3 is 0.237 bits per heavy atom. The SMILES string of the molecule is Fc1cc(F)c(F)c(-c2c(F)c(F)c(-c3c(F)c(F)c(-c4c(F)c(F)c(-c5c(F)c(F)c(-c6c(F)c(F)c(-c7c(F)c(F)c(-c8c(F)c(F)cc(F)c8F)c(F)c7F)c(F)c6F)c(F)c5F)c(F)c4F)c(F)c3F)c(F)c2F)c1F. The summed E-state index contributed by atoms with van der Waals surface area (Å²) in [5, 5.41) is 0. The Morgan fingerprint density at radius 1 is 0.100 bits per heavy atom. The number of hydrogen-bond acceptors (Lipinski definition) is 0. The van der Waals surface area contributed by atoms with Crippen molar-refractivity contribution in [3.05, 3.63) is 198 Å². The number of hydrogen-bond donors (Lipinski definition) is 0. The molecular formula is C48H2F32. The summed E-state index contributed by atoms with van der Waals surface area (Å²) in [5.74, 6) is -105. The molecule has 8 rings (SSSR count). The first-order chi connectivity index (χ1) is 37.1. The van der Waals surface area contributed by atoms with Crippen LogP contribution < -0.4 is 0 Å². The average Bonchev–Trinajstić information content (AvgIpc) is 3.52. The van der Waals surface area contributed by atoms with Crippen LogP contribution in [0.3, 0.4) is 0 Å². The molecule has 0 saturated heterocycles. The zero-order chi connectivity index (χ0) is 60.0. The number of halogens is 32. The largest absolute Gasteiger partial charge is 0.204 e. The van der Waals surface area contributed by atoms with Gasteiger partial charge < -0.3 is 0 Å². The quantitative estimate of drug-likeness (QED) is 0.110. The van der Waals surface area contributed by atoms with Crippen LogP contribution in [-0.4, -0.2) is 0 Å². The van der Waals surface area contributed by atoms with Gasteiger partial charge in [0.05, 0.1) is 77.9 Å². The highest BCUT2D eigenvalue weighted by Crippen LogP contribution is 2.50. The monoisotopic (exact) mass is 1190 g/mol. The van der Waals surface area contributed by atoms with Crippen LogP contribution in [-0.2, 0) is 0 Å². The molecule has 0 spiro atoms. The maximum absolute atomic E-state index is 15.7. The van der Waals surface area contributed by atoms with Crippen LogP contribution in [0.5, 0.6) is 0 Å². The van der Waals surface area contributed by atoms with Gasteiger partial charge in [0.15, 0.2) is 186 Å². The van der Waals surface area contributed by atoms with Crippen LogP contribution in [0.15, 0.2) is 12.1 Å². The normalized spacial score (nSPS) is 11.8. The van der Waals surface area contributed by atoms with Gasteiger partial charge in [0.1, 0.15) is 0 Å². The molecule has 0 bridgehead atoms. The first-order valence-corrected chi connectivity index (χ1v) is 20.0. The Balaban J connectivity index is 1.28. The Hall–Kier alpha value is -8.48. The summed E-state index contributed by atoms with van der Waals surface area (Å²) in [6, 6.07) is -1.21. The zero-order valence-electron chi connectivity index (χ0n) is 36.2. The Morgan fingerprint density at radius 2 is 0.163 bits per heavy atom. The molecule has 0 atom stereocenters. The van der Waals surface area contributed by atoms with Crippen molar-refractivity contribution < 1.29 is 140 Å². The highest BCUT2D eigenvalue weighted by atomic mass is 19.2. The Kier molecular flexibility index (Phi) is 14.2. The minimum absolute atomic E-state index is 0.606. The van der Waals surface area contributed by atoms with E-state index in [9.17, 15) is 35.1 Å². The smallest absolute Gasteiger partial charge is 0.170 e. The van der Waals surface area contributed by atoms with Crippen LogP contribution in [0.4, 0.5) is 140 Å². The molecule has 80 heavy (non-hydrogen) atoms. The first kappa shape index (κ1) is 57.7. The second kappa shape index (κ2) is 19.7. The molecule has 0 saturated carbocycles. The van der Waals surface area contributed by atoms with Crippen LogP contribution in [0.1, 0.15) is 0 Å². The van der Waals surface area contributed by atoms with E-state index in [1.165, 1.54) is 0 Å². The lowest BCUT2D eigenvalue weighted by Gasteiger charge is -2.19. The summed E-state index contributed by atoms with van der Waals surface area (Å²) in [4.78, 5) is 0. The molecule has 0 radical (unpaired) electrons. The molecule has 0 amide bonds. The molecule has 0 heterocycles. The fourth-order valence-electron chi connectivity index (χ4n) is 8.01. The van der Waals surface area contributed by atoms with Crippen molar-refractivity contribution in [2.24, 2.45) is 0 Å².